The topological polar surface area (TPSA) is 101 Å². The molecule has 0 aliphatic rings. The van der Waals surface area contributed by atoms with E-state index >= 15 is 0 Å². The maximum atomic E-state index is 12.4. The van der Waals surface area contributed by atoms with Gasteiger partial charge in [-0.15, -0.1) is 0 Å². The molecule has 9 heteroatoms. The van der Waals surface area contributed by atoms with Crippen molar-refractivity contribution < 1.29 is 13.2 Å². The standard InChI is InChI=1S/C25H28N4O3S2/c1-4-24(30)28-20-7-9-21(10-8-20)33-25-14-15-26-23(29-25)17-19-5-11-22(12-6-19)34(31,32)27-16-13-18(2)3/h4-12,14-15,18,27H,1,13,16-17H2,2-3H3,(H,28,30). The van der Waals surface area contributed by atoms with Crippen LogP contribution in [-0.2, 0) is 21.2 Å². The van der Waals surface area contributed by atoms with Crippen LogP contribution in [0.1, 0.15) is 31.7 Å². The number of hydrogen-bond donors (Lipinski definition) is 2. The molecule has 3 rings (SSSR count). The minimum absolute atomic E-state index is 0.248. The minimum Gasteiger partial charge on any atom is -0.323 e. The number of carbonyl (C=O) groups is 1. The summed E-state index contributed by atoms with van der Waals surface area (Å²) in [6, 6.07) is 16.1. The van der Waals surface area contributed by atoms with Gasteiger partial charge < -0.3 is 5.32 Å². The number of rotatable bonds is 11. The van der Waals surface area contributed by atoms with Crippen LogP contribution in [0.25, 0.3) is 0 Å². The third-order valence-corrected chi connectivity index (χ3v) is 7.24. The van der Waals surface area contributed by atoms with Gasteiger partial charge in [0.2, 0.25) is 15.9 Å². The second-order valence-electron chi connectivity index (χ2n) is 8.03. The fraction of sp³-hybridized carbons (Fsp3) is 0.240. The van der Waals surface area contributed by atoms with Crippen molar-refractivity contribution in [1.82, 2.24) is 14.7 Å². The lowest BCUT2D eigenvalue weighted by molar-refractivity contribution is -0.111. The predicted octanol–water partition coefficient (Wildman–Crippen LogP) is 4.67. The quantitative estimate of drug-likeness (QED) is 0.296. The lowest BCUT2D eigenvalue weighted by Crippen LogP contribution is -2.25. The second kappa shape index (κ2) is 11.9. The first-order chi connectivity index (χ1) is 16.2. The van der Waals surface area contributed by atoms with Crippen LogP contribution < -0.4 is 10.0 Å². The molecule has 0 saturated carbocycles. The molecule has 0 bridgehead atoms. The highest BCUT2D eigenvalue weighted by Gasteiger charge is 2.14. The zero-order chi connectivity index (χ0) is 24.6. The summed E-state index contributed by atoms with van der Waals surface area (Å²) in [6.07, 6.45) is 4.21. The normalized spacial score (nSPS) is 11.4. The molecule has 2 N–H and O–H groups in total. The Morgan fingerprint density at radius 2 is 1.79 bits per heavy atom. The highest BCUT2D eigenvalue weighted by Crippen LogP contribution is 2.27. The molecule has 7 nitrogen and oxygen atoms in total. The van der Waals surface area contributed by atoms with Crippen LogP contribution in [0, 0.1) is 5.92 Å². The van der Waals surface area contributed by atoms with E-state index in [0.29, 0.717) is 30.4 Å². The van der Waals surface area contributed by atoms with Gasteiger partial charge in [-0.2, -0.15) is 0 Å². The number of sulfonamides is 1. The van der Waals surface area contributed by atoms with Crippen LogP contribution in [0.5, 0.6) is 0 Å². The zero-order valence-electron chi connectivity index (χ0n) is 19.2. The summed E-state index contributed by atoms with van der Waals surface area (Å²) >= 11 is 1.49. The summed E-state index contributed by atoms with van der Waals surface area (Å²) in [5.74, 6) is 0.822. The van der Waals surface area contributed by atoms with E-state index in [9.17, 15) is 13.2 Å². The molecule has 0 aliphatic heterocycles. The van der Waals surface area contributed by atoms with Gasteiger partial charge in [0.05, 0.1) is 4.90 Å². The predicted molar refractivity (Wildman–Crippen MR) is 135 cm³/mol. The molecular formula is C25H28N4O3S2. The minimum atomic E-state index is -3.51. The van der Waals surface area contributed by atoms with Gasteiger partial charge >= 0.3 is 0 Å². The molecule has 0 aliphatic carbocycles. The summed E-state index contributed by atoms with van der Waals surface area (Å²) in [4.78, 5) is 21.6. The van der Waals surface area contributed by atoms with Gasteiger partial charge in [0.25, 0.3) is 0 Å². The molecule has 0 atom stereocenters. The van der Waals surface area contributed by atoms with Crippen molar-refractivity contribution in [2.45, 2.75) is 41.5 Å². The SMILES string of the molecule is C=CC(=O)Nc1ccc(Sc2ccnc(Cc3ccc(S(=O)(=O)NCCC(C)C)cc3)n2)cc1. The van der Waals surface area contributed by atoms with E-state index in [2.05, 4.69) is 40.4 Å². The Morgan fingerprint density at radius 1 is 1.09 bits per heavy atom. The summed E-state index contributed by atoms with van der Waals surface area (Å²) in [7, 11) is -3.51. The number of anilines is 1. The number of benzene rings is 2. The van der Waals surface area contributed by atoms with E-state index < -0.39 is 10.0 Å². The zero-order valence-corrected chi connectivity index (χ0v) is 20.8. The first-order valence-electron chi connectivity index (χ1n) is 10.9. The van der Waals surface area contributed by atoms with Crippen LogP contribution in [0.15, 0.2) is 88.3 Å². The third-order valence-electron chi connectivity index (χ3n) is 4.82. The van der Waals surface area contributed by atoms with Crippen molar-refractivity contribution in [3.8, 4) is 0 Å². The number of nitrogens with one attached hydrogen (secondary N) is 2. The van der Waals surface area contributed by atoms with Crippen molar-refractivity contribution in [2.75, 3.05) is 11.9 Å². The summed E-state index contributed by atoms with van der Waals surface area (Å²) in [6.45, 7) is 7.97. The molecule has 178 valence electrons. The van der Waals surface area contributed by atoms with Gasteiger partial charge in [-0.05, 0) is 66.4 Å². The number of amides is 1. The van der Waals surface area contributed by atoms with Gasteiger partial charge in [0, 0.05) is 29.7 Å². The maximum absolute atomic E-state index is 12.4. The molecule has 0 radical (unpaired) electrons. The molecule has 2 aromatic carbocycles. The van der Waals surface area contributed by atoms with Gasteiger partial charge in [0.1, 0.15) is 10.9 Å². The van der Waals surface area contributed by atoms with E-state index in [-0.39, 0.29) is 10.8 Å². The monoisotopic (exact) mass is 496 g/mol. The van der Waals surface area contributed by atoms with Gasteiger partial charge in [0.15, 0.2) is 0 Å². The summed E-state index contributed by atoms with van der Waals surface area (Å²) in [5.41, 5.74) is 1.61. The molecule has 1 aromatic heterocycles. The first kappa shape index (κ1) is 25.6. The Labute approximate surface area is 205 Å². The van der Waals surface area contributed by atoms with Crippen molar-refractivity contribution in [3.63, 3.8) is 0 Å². The fourth-order valence-corrected chi connectivity index (χ4v) is 4.82. The Bertz CT molecular complexity index is 1230. The molecule has 0 spiro atoms. The van der Waals surface area contributed by atoms with Crippen molar-refractivity contribution in [2.24, 2.45) is 5.92 Å². The average Bonchev–Trinajstić information content (AvgIpc) is 2.80. The van der Waals surface area contributed by atoms with Crippen LogP contribution in [0.3, 0.4) is 0 Å². The highest BCUT2D eigenvalue weighted by atomic mass is 32.2. The number of hydrogen-bond acceptors (Lipinski definition) is 6. The van der Waals surface area contributed by atoms with Crippen molar-refractivity contribution >= 4 is 33.4 Å². The molecular weight excluding hydrogens is 468 g/mol. The lowest BCUT2D eigenvalue weighted by atomic mass is 10.1. The average molecular weight is 497 g/mol. The fourth-order valence-electron chi connectivity index (χ4n) is 2.98. The van der Waals surface area contributed by atoms with Crippen molar-refractivity contribution in [1.29, 1.82) is 0 Å². The summed E-state index contributed by atoms with van der Waals surface area (Å²) in [5, 5.41) is 3.51. The van der Waals surface area contributed by atoms with Crippen LogP contribution >= 0.6 is 11.8 Å². The molecule has 0 fully saturated rings. The van der Waals surface area contributed by atoms with Gasteiger partial charge in [-0.25, -0.2) is 23.1 Å². The van der Waals surface area contributed by atoms with E-state index in [1.807, 2.05) is 30.3 Å². The third kappa shape index (κ3) is 7.79. The Morgan fingerprint density at radius 3 is 2.44 bits per heavy atom. The largest absolute Gasteiger partial charge is 0.323 e. The van der Waals surface area contributed by atoms with E-state index in [1.165, 1.54) is 17.8 Å². The number of carbonyl (C=O) groups excluding carboxylic acids is 1. The molecule has 0 saturated heterocycles. The van der Waals surface area contributed by atoms with Crippen molar-refractivity contribution in [3.05, 3.63) is 84.8 Å². The molecule has 34 heavy (non-hydrogen) atoms. The molecule has 3 aromatic rings. The van der Waals surface area contributed by atoms with E-state index in [0.717, 1.165) is 21.9 Å². The Balaban J connectivity index is 1.62. The van der Waals surface area contributed by atoms with Crippen LogP contribution in [0.4, 0.5) is 5.69 Å². The Hall–Kier alpha value is -3.01. The van der Waals surface area contributed by atoms with E-state index in [1.54, 1.807) is 30.5 Å². The van der Waals surface area contributed by atoms with Crippen LogP contribution in [-0.4, -0.2) is 30.8 Å². The summed E-state index contributed by atoms with van der Waals surface area (Å²) < 4.78 is 27.5. The highest BCUT2D eigenvalue weighted by molar-refractivity contribution is 7.99. The van der Waals surface area contributed by atoms with E-state index in [4.69, 9.17) is 0 Å². The smallest absolute Gasteiger partial charge is 0.247 e. The maximum Gasteiger partial charge on any atom is 0.247 e. The lowest BCUT2D eigenvalue weighted by Gasteiger charge is -2.09. The second-order valence-corrected chi connectivity index (χ2v) is 10.9. The molecule has 0 unspecified atom stereocenters. The van der Waals surface area contributed by atoms with Gasteiger partial charge in [-0.3, -0.25) is 4.79 Å². The Kier molecular flexibility index (Phi) is 8.98. The number of aromatic nitrogens is 2. The van der Waals surface area contributed by atoms with Crippen LogP contribution in [0.2, 0.25) is 0 Å². The molecule has 1 amide bonds. The first-order valence-corrected chi connectivity index (χ1v) is 13.2. The van der Waals surface area contributed by atoms with Gasteiger partial charge in [-0.1, -0.05) is 44.3 Å². The molecule has 1 heterocycles. The number of nitrogens with zero attached hydrogens (tertiary/aromatic N) is 2.